The van der Waals surface area contributed by atoms with Gasteiger partial charge in [-0.3, -0.25) is 9.59 Å². The predicted octanol–water partition coefficient (Wildman–Crippen LogP) is 3.05. The molecule has 7 atom stereocenters. The van der Waals surface area contributed by atoms with E-state index < -0.39 is 59.4 Å². The van der Waals surface area contributed by atoms with Crippen LogP contribution in [0.5, 0.6) is 0 Å². The van der Waals surface area contributed by atoms with Crippen molar-refractivity contribution in [2.24, 2.45) is 17.3 Å². The largest absolute Gasteiger partial charge is 0.462 e. The average Bonchev–Trinajstić information content (AvgIpc) is 2.93. The van der Waals surface area contributed by atoms with E-state index in [0.29, 0.717) is 18.4 Å². The van der Waals surface area contributed by atoms with Gasteiger partial charge in [0.05, 0.1) is 17.8 Å². The summed E-state index contributed by atoms with van der Waals surface area (Å²) in [6.45, 7) is 8.04. The summed E-state index contributed by atoms with van der Waals surface area (Å²) in [4.78, 5) is 37.5. The van der Waals surface area contributed by atoms with Crippen molar-refractivity contribution in [3.63, 3.8) is 0 Å². The van der Waals surface area contributed by atoms with Crippen molar-refractivity contribution >= 4 is 17.9 Å². The van der Waals surface area contributed by atoms with Gasteiger partial charge >= 0.3 is 17.9 Å². The Labute approximate surface area is 199 Å². The molecule has 1 aliphatic heterocycles. The van der Waals surface area contributed by atoms with Gasteiger partial charge in [0, 0.05) is 19.8 Å². The molecule has 4 rings (SSSR count). The van der Waals surface area contributed by atoms with Crippen molar-refractivity contribution in [1.82, 2.24) is 0 Å². The number of benzene rings is 1. The fraction of sp³-hybridized carbons (Fsp3) is 0.654. The number of hydrogen-bond donors (Lipinski definition) is 1. The number of esters is 3. The van der Waals surface area contributed by atoms with E-state index in [2.05, 4.69) is 0 Å². The Hall–Kier alpha value is -2.45. The SMILES string of the molecule is CC(=O)O[C@H]1CC[C@@H](C)[C@]23OC(C)(C)[C@H](C[C@H](OC(=O)c4ccccc4)[C@]12CO)[C@H]3OC(C)=O. The maximum Gasteiger partial charge on any atom is 0.338 e. The van der Waals surface area contributed by atoms with Crippen LogP contribution in [0.15, 0.2) is 30.3 Å². The fourth-order valence-electron chi connectivity index (χ4n) is 6.83. The number of hydrogen-bond acceptors (Lipinski definition) is 8. The molecule has 1 N–H and O–H groups in total. The van der Waals surface area contributed by atoms with Gasteiger partial charge in [-0.05, 0) is 51.2 Å². The smallest absolute Gasteiger partial charge is 0.338 e. The molecule has 2 bridgehead atoms. The summed E-state index contributed by atoms with van der Waals surface area (Å²) in [5.74, 6) is -1.94. The molecule has 3 aliphatic rings. The Bertz CT molecular complexity index is 959. The highest BCUT2D eigenvalue weighted by molar-refractivity contribution is 5.89. The summed E-state index contributed by atoms with van der Waals surface area (Å²) in [6.07, 6.45) is -0.921. The first kappa shape index (κ1) is 24.7. The molecule has 1 spiro atoms. The number of aliphatic hydroxyl groups is 1. The van der Waals surface area contributed by atoms with E-state index in [1.165, 1.54) is 13.8 Å². The Morgan fingerprint density at radius 1 is 1.00 bits per heavy atom. The zero-order valence-corrected chi connectivity index (χ0v) is 20.4. The van der Waals surface area contributed by atoms with Crippen LogP contribution >= 0.6 is 0 Å². The van der Waals surface area contributed by atoms with E-state index in [-0.39, 0.29) is 18.3 Å². The van der Waals surface area contributed by atoms with Gasteiger partial charge < -0.3 is 24.1 Å². The number of rotatable bonds is 5. The molecule has 8 nitrogen and oxygen atoms in total. The molecule has 0 aromatic heterocycles. The summed E-state index contributed by atoms with van der Waals surface area (Å²) in [5.41, 5.74) is -2.88. The first-order valence-electron chi connectivity index (χ1n) is 11.9. The van der Waals surface area contributed by atoms with Crippen LogP contribution in [-0.2, 0) is 28.5 Å². The maximum atomic E-state index is 13.2. The van der Waals surface area contributed by atoms with Crippen molar-refractivity contribution in [2.45, 2.75) is 83.4 Å². The minimum absolute atomic E-state index is 0.168. The quantitative estimate of drug-likeness (QED) is 0.512. The van der Waals surface area contributed by atoms with E-state index in [0.717, 1.165) is 0 Å². The van der Waals surface area contributed by atoms with E-state index in [1.54, 1.807) is 30.3 Å². The molecule has 0 radical (unpaired) electrons. The van der Waals surface area contributed by atoms with Crippen molar-refractivity contribution in [3.05, 3.63) is 35.9 Å². The van der Waals surface area contributed by atoms with Crippen LogP contribution in [0.4, 0.5) is 0 Å². The molecule has 3 fully saturated rings. The van der Waals surface area contributed by atoms with Crippen LogP contribution in [-0.4, -0.2) is 59.1 Å². The monoisotopic (exact) mass is 474 g/mol. The second kappa shape index (κ2) is 8.64. The van der Waals surface area contributed by atoms with E-state index in [4.69, 9.17) is 18.9 Å². The van der Waals surface area contributed by atoms with Crippen LogP contribution in [0, 0.1) is 17.3 Å². The summed E-state index contributed by atoms with van der Waals surface area (Å²) < 4.78 is 24.6. The summed E-state index contributed by atoms with van der Waals surface area (Å²) >= 11 is 0. The van der Waals surface area contributed by atoms with Crippen molar-refractivity contribution in [3.8, 4) is 0 Å². The van der Waals surface area contributed by atoms with Gasteiger partial charge in [-0.15, -0.1) is 0 Å². The normalized spacial score (nSPS) is 37.9. The molecule has 1 heterocycles. The van der Waals surface area contributed by atoms with Crippen molar-refractivity contribution in [2.75, 3.05) is 6.61 Å². The molecule has 1 saturated heterocycles. The number of aliphatic hydroxyl groups excluding tert-OH is 1. The van der Waals surface area contributed by atoms with Gasteiger partial charge in [-0.25, -0.2) is 4.79 Å². The Kier molecular flexibility index (Phi) is 6.27. The summed E-state index contributed by atoms with van der Waals surface area (Å²) in [7, 11) is 0. The maximum absolute atomic E-state index is 13.2. The second-order valence-electron chi connectivity index (χ2n) is 10.4. The molecule has 1 aromatic carbocycles. The molecule has 8 heteroatoms. The fourth-order valence-corrected chi connectivity index (χ4v) is 6.83. The Morgan fingerprint density at radius 2 is 1.65 bits per heavy atom. The van der Waals surface area contributed by atoms with Crippen LogP contribution < -0.4 is 0 Å². The molecular formula is C26H34O8. The average molecular weight is 475 g/mol. The highest BCUT2D eigenvalue weighted by atomic mass is 16.6. The van der Waals surface area contributed by atoms with Crippen LogP contribution in [0.25, 0.3) is 0 Å². The molecule has 2 saturated carbocycles. The Balaban J connectivity index is 1.88. The number of ether oxygens (including phenoxy) is 4. The second-order valence-corrected chi connectivity index (χ2v) is 10.4. The van der Waals surface area contributed by atoms with Crippen LogP contribution in [0.3, 0.4) is 0 Å². The summed E-state index contributed by atoms with van der Waals surface area (Å²) in [5, 5.41) is 11.1. The molecule has 1 aromatic rings. The van der Waals surface area contributed by atoms with Gasteiger partial charge in [-0.1, -0.05) is 25.1 Å². The lowest BCUT2D eigenvalue weighted by atomic mass is 9.48. The van der Waals surface area contributed by atoms with Gasteiger partial charge in [-0.2, -0.15) is 0 Å². The van der Waals surface area contributed by atoms with Crippen LogP contribution in [0.2, 0.25) is 0 Å². The lowest BCUT2D eigenvalue weighted by molar-refractivity contribution is -0.301. The molecule has 34 heavy (non-hydrogen) atoms. The van der Waals surface area contributed by atoms with Gasteiger partial charge in [0.25, 0.3) is 0 Å². The Morgan fingerprint density at radius 3 is 2.24 bits per heavy atom. The molecular weight excluding hydrogens is 440 g/mol. The van der Waals surface area contributed by atoms with Crippen molar-refractivity contribution in [1.29, 1.82) is 0 Å². The molecule has 2 aliphatic carbocycles. The zero-order valence-electron chi connectivity index (χ0n) is 20.4. The highest BCUT2D eigenvalue weighted by Crippen LogP contribution is 2.67. The zero-order chi connectivity index (χ0) is 24.9. The standard InChI is InChI=1S/C26H34O8/c1-15-11-12-20(31-16(2)28)25(14-27)21(33-23(30)18-9-7-6-8-10-18)13-19-22(32-17(3)29)26(15,25)34-24(19,4)5/h6-10,15,19-22,27H,11-14H2,1-5H3/t15-,19-,20+,21+,22-,25+,26-/m1/s1. The number of carbonyl (C=O) groups is 3. The molecule has 186 valence electrons. The minimum Gasteiger partial charge on any atom is -0.462 e. The van der Waals surface area contributed by atoms with E-state index in [9.17, 15) is 19.5 Å². The molecule has 0 amide bonds. The van der Waals surface area contributed by atoms with Crippen LogP contribution in [0.1, 0.15) is 64.2 Å². The topological polar surface area (TPSA) is 108 Å². The third-order valence-electron chi connectivity index (χ3n) is 8.17. The number of carbonyl (C=O) groups excluding carboxylic acids is 3. The predicted molar refractivity (Wildman–Crippen MR) is 121 cm³/mol. The summed E-state index contributed by atoms with van der Waals surface area (Å²) in [6, 6.07) is 8.63. The van der Waals surface area contributed by atoms with Gasteiger partial charge in [0.15, 0.2) is 0 Å². The highest BCUT2D eigenvalue weighted by Gasteiger charge is 2.80. The van der Waals surface area contributed by atoms with E-state index in [1.807, 2.05) is 20.8 Å². The molecule has 0 unspecified atom stereocenters. The minimum atomic E-state index is -1.31. The van der Waals surface area contributed by atoms with Crippen molar-refractivity contribution < 1.29 is 38.4 Å². The third kappa shape index (κ3) is 3.53. The first-order chi connectivity index (χ1) is 16.0. The lowest BCUT2D eigenvalue weighted by Gasteiger charge is -2.62. The van der Waals surface area contributed by atoms with Gasteiger partial charge in [0.2, 0.25) is 0 Å². The number of fused-ring (bicyclic) bond motifs is 1. The van der Waals surface area contributed by atoms with E-state index >= 15 is 0 Å². The first-order valence-corrected chi connectivity index (χ1v) is 11.9. The lowest BCUT2D eigenvalue weighted by Crippen LogP contribution is -2.75. The van der Waals surface area contributed by atoms with Gasteiger partial charge in [0.1, 0.15) is 29.3 Å². The third-order valence-corrected chi connectivity index (χ3v) is 8.17.